The highest BCUT2D eigenvalue weighted by atomic mass is 35.5. The number of rotatable bonds is 3. The Morgan fingerprint density at radius 1 is 1.50 bits per heavy atom. The second-order valence-electron chi connectivity index (χ2n) is 5.25. The first-order chi connectivity index (χ1) is 8.54. The molecule has 0 radical (unpaired) electrons. The van der Waals surface area contributed by atoms with E-state index in [0.29, 0.717) is 5.28 Å². The molecule has 1 saturated carbocycles. The molecular weight excluding hydrogens is 266 g/mol. The van der Waals surface area contributed by atoms with E-state index < -0.39 is 0 Å². The SMILES string of the molecule is Cc1cc2c(N(C)CC3CC3C)nc(Cl)nc2s1. The molecule has 1 fully saturated rings. The van der Waals surface area contributed by atoms with Gasteiger partial charge in [-0.05, 0) is 42.8 Å². The summed E-state index contributed by atoms with van der Waals surface area (Å²) in [5.74, 6) is 2.62. The lowest BCUT2D eigenvalue weighted by Gasteiger charge is -2.18. The minimum atomic E-state index is 0.343. The third-order valence-electron chi connectivity index (χ3n) is 3.61. The summed E-state index contributed by atoms with van der Waals surface area (Å²) >= 11 is 7.69. The van der Waals surface area contributed by atoms with Gasteiger partial charge in [-0.1, -0.05) is 6.92 Å². The van der Waals surface area contributed by atoms with E-state index in [1.165, 1.54) is 11.3 Å². The smallest absolute Gasteiger partial charge is 0.225 e. The molecule has 3 rings (SSSR count). The third kappa shape index (κ3) is 2.19. The molecule has 0 amide bonds. The van der Waals surface area contributed by atoms with Crippen LogP contribution in [0.3, 0.4) is 0 Å². The van der Waals surface area contributed by atoms with Crippen molar-refractivity contribution < 1.29 is 0 Å². The topological polar surface area (TPSA) is 29.0 Å². The van der Waals surface area contributed by atoms with E-state index >= 15 is 0 Å². The summed E-state index contributed by atoms with van der Waals surface area (Å²) in [6, 6.07) is 2.15. The Balaban J connectivity index is 1.98. The fourth-order valence-electron chi connectivity index (χ4n) is 2.38. The van der Waals surface area contributed by atoms with E-state index in [4.69, 9.17) is 11.6 Å². The molecule has 0 N–H and O–H groups in total. The molecule has 2 aromatic rings. The van der Waals surface area contributed by atoms with E-state index in [1.807, 2.05) is 0 Å². The van der Waals surface area contributed by atoms with Crippen molar-refractivity contribution in [1.82, 2.24) is 9.97 Å². The summed E-state index contributed by atoms with van der Waals surface area (Å²) in [7, 11) is 2.09. The van der Waals surface area contributed by atoms with Gasteiger partial charge in [-0.15, -0.1) is 11.3 Å². The van der Waals surface area contributed by atoms with Gasteiger partial charge in [0.2, 0.25) is 5.28 Å². The zero-order valence-electron chi connectivity index (χ0n) is 10.8. The van der Waals surface area contributed by atoms with Crippen LogP contribution in [0.1, 0.15) is 18.2 Å². The van der Waals surface area contributed by atoms with Gasteiger partial charge in [0.25, 0.3) is 0 Å². The number of thiophene rings is 1. The summed E-state index contributed by atoms with van der Waals surface area (Å²) in [5, 5.41) is 1.47. The van der Waals surface area contributed by atoms with Crippen LogP contribution in [-0.2, 0) is 0 Å². The van der Waals surface area contributed by atoms with Gasteiger partial charge >= 0.3 is 0 Å². The molecule has 2 heterocycles. The van der Waals surface area contributed by atoms with Crippen molar-refractivity contribution in [2.24, 2.45) is 11.8 Å². The van der Waals surface area contributed by atoms with Gasteiger partial charge in [-0.25, -0.2) is 4.98 Å². The lowest BCUT2D eigenvalue weighted by molar-refractivity contribution is 0.721. The van der Waals surface area contributed by atoms with E-state index in [-0.39, 0.29) is 0 Å². The van der Waals surface area contributed by atoms with Crippen molar-refractivity contribution in [1.29, 1.82) is 0 Å². The lowest BCUT2D eigenvalue weighted by atomic mass is 10.3. The van der Waals surface area contributed by atoms with Crippen molar-refractivity contribution in [2.45, 2.75) is 20.3 Å². The summed E-state index contributed by atoms with van der Waals surface area (Å²) in [4.78, 5) is 13.2. The third-order valence-corrected chi connectivity index (χ3v) is 4.73. The van der Waals surface area contributed by atoms with E-state index in [1.54, 1.807) is 11.3 Å². The van der Waals surface area contributed by atoms with Gasteiger partial charge in [-0.2, -0.15) is 4.98 Å². The Morgan fingerprint density at radius 2 is 2.22 bits per heavy atom. The van der Waals surface area contributed by atoms with Crippen LogP contribution in [0.5, 0.6) is 0 Å². The number of aromatic nitrogens is 2. The van der Waals surface area contributed by atoms with Gasteiger partial charge in [-0.3, -0.25) is 0 Å². The van der Waals surface area contributed by atoms with Crippen LogP contribution >= 0.6 is 22.9 Å². The average Bonchev–Trinajstić information content (AvgIpc) is 2.84. The zero-order valence-corrected chi connectivity index (χ0v) is 12.3. The van der Waals surface area contributed by atoms with Crippen molar-refractivity contribution in [3.05, 3.63) is 16.2 Å². The van der Waals surface area contributed by atoms with E-state index in [9.17, 15) is 0 Å². The molecule has 2 aromatic heterocycles. The minimum Gasteiger partial charge on any atom is -0.359 e. The number of anilines is 1. The summed E-state index contributed by atoms with van der Waals surface area (Å²) in [5.41, 5.74) is 0. The highest BCUT2D eigenvalue weighted by Crippen LogP contribution is 2.39. The van der Waals surface area contributed by atoms with Gasteiger partial charge in [0.05, 0.1) is 5.39 Å². The molecule has 5 heteroatoms. The fraction of sp³-hybridized carbons (Fsp3) is 0.538. The van der Waals surface area contributed by atoms with Crippen LogP contribution in [0.2, 0.25) is 5.28 Å². The molecule has 2 atom stereocenters. The monoisotopic (exact) mass is 281 g/mol. The van der Waals surface area contributed by atoms with Crippen LogP contribution in [0.15, 0.2) is 6.07 Å². The first-order valence-electron chi connectivity index (χ1n) is 6.19. The van der Waals surface area contributed by atoms with E-state index in [2.05, 4.69) is 41.8 Å². The Bertz CT molecular complexity index is 595. The largest absolute Gasteiger partial charge is 0.359 e. The van der Waals surface area contributed by atoms with Crippen LogP contribution < -0.4 is 4.90 Å². The molecule has 18 heavy (non-hydrogen) atoms. The second-order valence-corrected chi connectivity index (χ2v) is 6.82. The molecular formula is C13H16ClN3S. The molecule has 3 nitrogen and oxygen atoms in total. The molecule has 1 aliphatic carbocycles. The number of halogens is 1. The summed E-state index contributed by atoms with van der Waals surface area (Å²) in [6.45, 7) is 5.45. The standard InChI is InChI=1S/C13H16ClN3S/c1-7-4-9(7)6-17(3)11-10-5-8(2)18-12(10)16-13(14)15-11/h5,7,9H,4,6H2,1-3H3. The van der Waals surface area contributed by atoms with Crippen LogP contribution in [-0.4, -0.2) is 23.6 Å². The summed E-state index contributed by atoms with van der Waals surface area (Å²) < 4.78 is 0. The lowest BCUT2D eigenvalue weighted by Crippen LogP contribution is -2.22. The van der Waals surface area contributed by atoms with E-state index in [0.717, 1.165) is 34.4 Å². The highest BCUT2D eigenvalue weighted by Gasteiger charge is 2.33. The molecule has 0 bridgehead atoms. The van der Waals surface area contributed by atoms with Gasteiger partial charge in [0.1, 0.15) is 10.6 Å². The molecule has 1 aliphatic rings. The highest BCUT2D eigenvalue weighted by molar-refractivity contribution is 7.18. The van der Waals surface area contributed by atoms with Crippen molar-refractivity contribution in [2.75, 3.05) is 18.5 Å². The maximum absolute atomic E-state index is 6.02. The van der Waals surface area contributed by atoms with Gasteiger partial charge in [0, 0.05) is 18.5 Å². The average molecular weight is 282 g/mol. The van der Waals surface area contributed by atoms with Crippen LogP contribution in [0.25, 0.3) is 10.2 Å². The molecule has 0 aromatic carbocycles. The summed E-state index contributed by atoms with van der Waals surface area (Å²) in [6.07, 6.45) is 1.33. The molecule has 2 unspecified atom stereocenters. The van der Waals surface area contributed by atoms with Crippen molar-refractivity contribution >= 4 is 39.0 Å². The number of hydrogen-bond donors (Lipinski definition) is 0. The molecule has 0 saturated heterocycles. The normalized spacial score (nSPS) is 22.4. The Kier molecular flexibility index (Phi) is 2.94. The second kappa shape index (κ2) is 4.35. The van der Waals surface area contributed by atoms with Gasteiger partial charge < -0.3 is 4.90 Å². The maximum Gasteiger partial charge on any atom is 0.225 e. The van der Waals surface area contributed by atoms with Crippen LogP contribution in [0, 0.1) is 18.8 Å². The number of nitrogens with zero attached hydrogens (tertiary/aromatic N) is 3. The first-order valence-corrected chi connectivity index (χ1v) is 7.39. The quantitative estimate of drug-likeness (QED) is 0.803. The Hall–Kier alpha value is -0.870. The minimum absolute atomic E-state index is 0.343. The number of hydrogen-bond acceptors (Lipinski definition) is 4. The first kappa shape index (κ1) is 12.2. The van der Waals surface area contributed by atoms with Crippen molar-refractivity contribution in [3.8, 4) is 0 Å². The zero-order chi connectivity index (χ0) is 12.9. The number of aryl methyl sites for hydroxylation is 1. The van der Waals surface area contributed by atoms with Crippen LogP contribution in [0.4, 0.5) is 5.82 Å². The fourth-order valence-corrected chi connectivity index (χ4v) is 3.47. The number of fused-ring (bicyclic) bond motifs is 1. The Labute approximate surface area is 116 Å². The Morgan fingerprint density at radius 3 is 2.89 bits per heavy atom. The molecule has 96 valence electrons. The predicted molar refractivity (Wildman–Crippen MR) is 77.7 cm³/mol. The maximum atomic E-state index is 6.02. The predicted octanol–water partition coefficient (Wildman–Crippen LogP) is 3.75. The molecule has 0 aliphatic heterocycles. The van der Waals surface area contributed by atoms with Crippen molar-refractivity contribution in [3.63, 3.8) is 0 Å². The van der Waals surface area contributed by atoms with Gasteiger partial charge in [0.15, 0.2) is 0 Å². The molecule has 0 spiro atoms.